The summed E-state index contributed by atoms with van der Waals surface area (Å²) in [6.07, 6.45) is 7.69. The van der Waals surface area contributed by atoms with E-state index >= 15 is 0 Å². The van der Waals surface area contributed by atoms with Gasteiger partial charge in [0, 0.05) is 12.2 Å². The first-order chi connectivity index (χ1) is 11.5. The number of carbonyl (C=O) groups excluding carboxylic acids is 1. The molecule has 0 atom stereocenters. The summed E-state index contributed by atoms with van der Waals surface area (Å²) in [4.78, 5) is 13.4. The summed E-state index contributed by atoms with van der Waals surface area (Å²) >= 11 is 6.26. The van der Waals surface area contributed by atoms with E-state index in [4.69, 9.17) is 11.6 Å². The first-order valence-electron chi connectivity index (χ1n) is 9.15. The molecular formula is C19H33ClN3O+. The van der Waals surface area contributed by atoms with Gasteiger partial charge in [-0.25, -0.2) is 0 Å². The molecule has 0 bridgehead atoms. The molecule has 0 aliphatic carbocycles. The lowest BCUT2D eigenvalue weighted by Crippen LogP contribution is -3.06. The van der Waals surface area contributed by atoms with Gasteiger partial charge in [0.15, 0.2) is 0 Å². The Labute approximate surface area is 151 Å². The van der Waals surface area contributed by atoms with E-state index in [2.05, 4.69) is 31.7 Å². The third kappa shape index (κ3) is 8.55. The van der Waals surface area contributed by atoms with Crippen LogP contribution < -0.4 is 15.5 Å². The SMILES string of the molecule is CCCCCCCCNc1ccc(C(=O)NCC[NH+](C)C)c(Cl)c1. The average molecular weight is 355 g/mol. The predicted octanol–water partition coefficient (Wildman–Crippen LogP) is 2.99. The zero-order chi connectivity index (χ0) is 17.8. The number of benzene rings is 1. The van der Waals surface area contributed by atoms with Crippen LogP contribution in [0.4, 0.5) is 5.69 Å². The number of amides is 1. The van der Waals surface area contributed by atoms with Crippen LogP contribution in [0.5, 0.6) is 0 Å². The van der Waals surface area contributed by atoms with E-state index in [0.29, 0.717) is 17.1 Å². The molecule has 3 N–H and O–H groups in total. The number of carbonyl (C=O) groups is 1. The number of rotatable bonds is 12. The van der Waals surface area contributed by atoms with Crippen molar-refractivity contribution in [1.82, 2.24) is 5.32 Å². The third-order valence-corrected chi connectivity index (χ3v) is 4.30. The maximum atomic E-state index is 12.1. The van der Waals surface area contributed by atoms with Gasteiger partial charge in [-0.2, -0.15) is 0 Å². The summed E-state index contributed by atoms with van der Waals surface area (Å²) in [5.41, 5.74) is 1.51. The minimum Gasteiger partial charge on any atom is -0.385 e. The molecule has 0 aromatic heterocycles. The Bertz CT molecular complexity index is 492. The number of hydrogen-bond donors (Lipinski definition) is 3. The minimum absolute atomic E-state index is 0.108. The molecule has 0 saturated carbocycles. The van der Waals surface area contributed by atoms with E-state index in [-0.39, 0.29) is 5.91 Å². The highest BCUT2D eigenvalue weighted by Crippen LogP contribution is 2.21. The smallest absolute Gasteiger partial charge is 0.253 e. The first-order valence-corrected chi connectivity index (χ1v) is 9.53. The highest BCUT2D eigenvalue weighted by molar-refractivity contribution is 6.34. The molecule has 4 nitrogen and oxygen atoms in total. The van der Waals surface area contributed by atoms with E-state index in [9.17, 15) is 4.79 Å². The van der Waals surface area contributed by atoms with Crippen LogP contribution in [0, 0.1) is 0 Å². The maximum absolute atomic E-state index is 12.1. The lowest BCUT2D eigenvalue weighted by Gasteiger charge is -2.11. The van der Waals surface area contributed by atoms with Crippen molar-refractivity contribution in [2.45, 2.75) is 45.4 Å². The van der Waals surface area contributed by atoms with Gasteiger partial charge in [0.2, 0.25) is 0 Å². The molecule has 0 saturated heterocycles. The summed E-state index contributed by atoms with van der Waals surface area (Å²) in [5.74, 6) is -0.108. The van der Waals surface area contributed by atoms with Gasteiger partial charge >= 0.3 is 0 Å². The van der Waals surface area contributed by atoms with Gasteiger partial charge in [-0.1, -0.05) is 50.6 Å². The first kappa shape index (κ1) is 20.8. The Morgan fingerprint density at radius 2 is 1.79 bits per heavy atom. The number of hydrogen-bond acceptors (Lipinski definition) is 2. The second-order valence-corrected chi connectivity index (χ2v) is 7.01. The standard InChI is InChI=1S/C19H32ClN3O/c1-4-5-6-7-8-9-12-21-16-10-11-17(18(20)15-16)19(24)22-13-14-23(2)3/h10-11,15,21H,4-9,12-14H2,1-3H3,(H,22,24)/p+1. The van der Waals surface area contributed by atoms with Gasteiger partial charge < -0.3 is 15.5 Å². The largest absolute Gasteiger partial charge is 0.385 e. The Hall–Kier alpha value is -1.26. The quantitative estimate of drug-likeness (QED) is 0.505. The van der Waals surface area contributed by atoms with Gasteiger partial charge in [0.25, 0.3) is 5.91 Å². The van der Waals surface area contributed by atoms with Crippen LogP contribution >= 0.6 is 11.6 Å². The summed E-state index contributed by atoms with van der Waals surface area (Å²) in [6.45, 7) is 4.72. The number of quaternary nitrogens is 1. The lowest BCUT2D eigenvalue weighted by molar-refractivity contribution is -0.856. The Kier molecular flexibility index (Phi) is 10.5. The van der Waals surface area contributed by atoms with Crippen molar-refractivity contribution in [1.29, 1.82) is 0 Å². The lowest BCUT2D eigenvalue weighted by atomic mass is 10.1. The molecule has 1 aromatic carbocycles. The molecule has 0 heterocycles. The van der Waals surface area contributed by atoms with Crippen molar-refractivity contribution in [2.24, 2.45) is 0 Å². The number of anilines is 1. The molecular weight excluding hydrogens is 322 g/mol. The second kappa shape index (κ2) is 12.2. The Morgan fingerprint density at radius 3 is 2.46 bits per heavy atom. The Balaban J connectivity index is 2.34. The van der Waals surface area contributed by atoms with Gasteiger partial charge in [-0.05, 0) is 24.6 Å². The monoisotopic (exact) mass is 354 g/mol. The van der Waals surface area contributed by atoms with Crippen LogP contribution in [0.25, 0.3) is 0 Å². The third-order valence-electron chi connectivity index (χ3n) is 3.98. The number of halogens is 1. The highest BCUT2D eigenvalue weighted by atomic mass is 35.5. The van der Waals surface area contributed by atoms with Gasteiger partial charge in [-0.15, -0.1) is 0 Å². The molecule has 1 aromatic rings. The van der Waals surface area contributed by atoms with Crippen molar-refractivity contribution in [3.05, 3.63) is 28.8 Å². The van der Waals surface area contributed by atoms with Crippen molar-refractivity contribution in [2.75, 3.05) is 39.0 Å². The van der Waals surface area contributed by atoms with Crippen molar-refractivity contribution in [3.8, 4) is 0 Å². The molecule has 0 aliphatic heterocycles. The summed E-state index contributed by atoms with van der Waals surface area (Å²) < 4.78 is 0. The van der Waals surface area contributed by atoms with Crippen LogP contribution in [0.2, 0.25) is 5.02 Å². The average Bonchev–Trinajstić information content (AvgIpc) is 2.53. The maximum Gasteiger partial charge on any atom is 0.253 e. The second-order valence-electron chi connectivity index (χ2n) is 6.60. The number of likely N-dealkylation sites (N-methyl/N-ethyl adjacent to an activating group) is 1. The molecule has 136 valence electrons. The van der Waals surface area contributed by atoms with Crippen LogP contribution in [0.3, 0.4) is 0 Å². The molecule has 0 radical (unpaired) electrons. The van der Waals surface area contributed by atoms with E-state index in [1.54, 1.807) is 6.07 Å². The molecule has 0 unspecified atom stereocenters. The molecule has 0 spiro atoms. The zero-order valence-electron chi connectivity index (χ0n) is 15.4. The summed E-state index contributed by atoms with van der Waals surface area (Å²) in [7, 11) is 4.12. The van der Waals surface area contributed by atoms with Crippen molar-refractivity contribution in [3.63, 3.8) is 0 Å². The van der Waals surface area contributed by atoms with Crippen molar-refractivity contribution >= 4 is 23.2 Å². The topological polar surface area (TPSA) is 45.6 Å². The normalized spacial score (nSPS) is 10.9. The van der Waals surface area contributed by atoms with E-state index in [1.165, 1.54) is 37.0 Å². The van der Waals surface area contributed by atoms with Gasteiger partial charge in [0.1, 0.15) is 0 Å². The highest BCUT2D eigenvalue weighted by Gasteiger charge is 2.10. The number of unbranched alkanes of at least 4 members (excludes halogenated alkanes) is 5. The zero-order valence-corrected chi connectivity index (χ0v) is 16.1. The van der Waals surface area contributed by atoms with Crippen molar-refractivity contribution < 1.29 is 9.69 Å². The summed E-state index contributed by atoms with van der Waals surface area (Å²) in [6, 6.07) is 5.56. The molecule has 0 fully saturated rings. The minimum atomic E-state index is -0.108. The predicted molar refractivity (Wildman–Crippen MR) is 103 cm³/mol. The van der Waals surface area contributed by atoms with Crippen LogP contribution in [0.15, 0.2) is 18.2 Å². The van der Waals surface area contributed by atoms with Crippen LogP contribution in [0.1, 0.15) is 55.8 Å². The molecule has 24 heavy (non-hydrogen) atoms. The molecule has 1 rings (SSSR count). The van der Waals surface area contributed by atoms with Gasteiger partial charge in [-0.3, -0.25) is 4.79 Å². The van der Waals surface area contributed by atoms with E-state index in [1.807, 2.05) is 12.1 Å². The molecule has 0 aliphatic rings. The fraction of sp³-hybridized carbons (Fsp3) is 0.632. The van der Waals surface area contributed by atoms with Crippen LogP contribution in [-0.2, 0) is 0 Å². The Morgan fingerprint density at radius 1 is 1.08 bits per heavy atom. The fourth-order valence-electron chi connectivity index (χ4n) is 2.47. The fourth-order valence-corrected chi connectivity index (χ4v) is 2.73. The van der Waals surface area contributed by atoms with E-state index < -0.39 is 0 Å². The summed E-state index contributed by atoms with van der Waals surface area (Å²) in [5, 5.41) is 6.78. The van der Waals surface area contributed by atoms with Crippen LogP contribution in [-0.4, -0.2) is 39.6 Å². The number of nitrogens with one attached hydrogen (secondary N) is 3. The molecule has 5 heteroatoms. The van der Waals surface area contributed by atoms with Gasteiger partial charge in [0.05, 0.1) is 37.8 Å². The van der Waals surface area contributed by atoms with E-state index in [0.717, 1.165) is 25.2 Å². The molecule has 1 amide bonds.